The molecule has 6 nitrogen and oxygen atoms in total. The predicted octanol–water partition coefficient (Wildman–Crippen LogP) is 2.92. The highest BCUT2D eigenvalue weighted by atomic mass is 19.1. The molecule has 0 saturated carbocycles. The van der Waals surface area contributed by atoms with Crippen LogP contribution in [0.3, 0.4) is 0 Å². The predicted molar refractivity (Wildman–Crippen MR) is 90.3 cm³/mol. The van der Waals surface area contributed by atoms with Crippen LogP contribution in [0.25, 0.3) is 0 Å². The van der Waals surface area contributed by atoms with Crippen molar-refractivity contribution in [3.63, 3.8) is 0 Å². The molecule has 25 heavy (non-hydrogen) atoms. The SMILES string of the molecule is CCOc1ccc2c(n1)C(=O)CCN2C(=O)NCc1ccc(F)cc1. The number of nitrogens with zero attached hydrogens (tertiary/aromatic N) is 2. The third kappa shape index (κ3) is 3.76. The number of carbonyl (C=O) groups excluding carboxylic acids is 2. The van der Waals surface area contributed by atoms with Crippen molar-refractivity contribution in [2.45, 2.75) is 19.9 Å². The molecule has 0 radical (unpaired) electrons. The smallest absolute Gasteiger partial charge is 0.322 e. The molecular formula is C18H18FN3O3. The van der Waals surface area contributed by atoms with Gasteiger partial charge in [-0.1, -0.05) is 12.1 Å². The van der Waals surface area contributed by atoms with Crippen LogP contribution in [0.5, 0.6) is 5.88 Å². The molecule has 2 amide bonds. The average Bonchev–Trinajstić information content (AvgIpc) is 2.62. The maximum absolute atomic E-state index is 12.9. The van der Waals surface area contributed by atoms with E-state index in [0.717, 1.165) is 5.56 Å². The Morgan fingerprint density at radius 3 is 2.76 bits per heavy atom. The maximum Gasteiger partial charge on any atom is 0.322 e. The quantitative estimate of drug-likeness (QED) is 0.926. The topological polar surface area (TPSA) is 71.5 Å². The second kappa shape index (κ2) is 7.29. The first-order chi connectivity index (χ1) is 12.1. The summed E-state index contributed by atoms with van der Waals surface area (Å²) in [6, 6.07) is 8.89. The molecule has 0 fully saturated rings. The van der Waals surface area contributed by atoms with E-state index < -0.39 is 0 Å². The fraction of sp³-hybridized carbons (Fsp3) is 0.278. The van der Waals surface area contributed by atoms with E-state index >= 15 is 0 Å². The van der Waals surface area contributed by atoms with Crippen LogP contribution in [-0.4, -0.2) is 29.9 Å². The Hall–Kier alpha value is -2.96. The lowest BCUT2D eigenvalue weighted by Gasteiger charge is -2.28. The van der Waals surface area contributed by atoms with Crippen LogP contribution in [0.15, 0.2) is 36.4 Å². The summed E-state index contributed by atoms with van der Waals surface area (Å²) in [6.45, 7) is 2.83. The standard InChI is InChI=1S/C18H18FN3O3/c1-2-25-16-8-7-14-17(21-16)15(23)9-10-22(14)18(24)20-11-12-3-5-13(19)6-4-12/h3-8H,2,9-11H2,1H3,(H,20,24). The summed E-state index contributed by atoms with van der Waals surface area (Å²) >= 11 is 0. The summed E-state index contributed by atoms with van der Waals surface area (Å²) in [5.41, 5.74) is 1.50. The minimum absolute atomic E-state index is 0.112. The number of nitrogens with one attached hydrogen (secondary N) is 1. The summed E-state index contributed by atoms with van der Waals surface area (Å²) in [4.78, 5) is 30.3. The Morgan fingerprint density at radius 1 is 1.28 bits per heavy atom. The first-order valence-corrected chi connectivity index (χ1v) is 8.05. The zero-order valence-corrected chi connectivity index (χ0v) is 13.8. The van der Waals surface area contributed by atoms with Crippen LogP contribution in [0, 0.1) is 5.82 Å². The molecule has 1 aliphatic rings. The van der Waals surface area contributed by atoms with E-state index in [2.05, 4.69) is 10.3 Å². The largest absolute Gasteiger partial charge is 0.478 e. The summed E-state index contributed by atoms with van der Waals surface area (Å²) in [7, 11) is 0. The molecule has 7 heteroatoms. The Morgan fingerprint density at radius 2 is 2.04 bits per heavy atom. The molecule has 0 saturated heterocycles. The van der Waals surface area contributed by atoms with Gasteiger partial charge in [-0.25, -0.2) is 14.2 Å². The van der Waals surface area contributed by atoms with Crippen molar-refractivity contribution in [1.82, 2.24) is 10.3 Å². The van der Waals surface area contributed by atoms with Crippen molar-refractivity contribution in [3.05, 3.63) is 53.5 Å². The highest BCUT2D eigenvalue weighted by Gasteiger charge is 2.29. The molecule has 1 aromatic carbocycles. The average molecular weight is 343 g/mol. The van der Waals surface area contributed by atoms with Gasteiger partial charge in [0.05, 0.1) is 12.3 Å². The normalized spacial score (nSPS) is 13.4. The first kappa shape index (κ1) is 16.9. The van der Waals surface area contributed by atoms with Crippen molar-refractivity contribution in [1.29, 1.82) is 0 Å². The molecule has 2 aromatic rings. The number of benzene rings is 1. The number of rotatable bonds is 4. The Kier molecular flexibility index (Phi) is 4.92. The summed E-state index contributed by atoms with van der Waals surface area (Å²) < 4.78 is 18.2. The van der Waals surface area contributed by atoms with Gasteiger partial charge in [-0.3, -0.25) is 9.69 Å². The third-order valence-corrected chi connectivity index (χ3v) is 3.86. The van der Waals surface area contributed by atoms with Gasteiger partial charge in [0, 0.05) is 25.6 Å². The van der Waals surface area contributed by atoms with Gasteiger partial charge in [0.15, 0.2) is 5.78 Å². The number of ether oxygens (including phenoxy) is 1. The second-order valence-electron chi connectivity index (χ2n) is 5.56. The van der Waals surface area contributed by atoms with Gasteiger partial charge in [-0.15, -0.1) is 0 Å². The summed E-state index contributed by atoms with van der Waals surface area (Å²) in [5.74, 6) is -0.0722. The fourth-order valence-electron chi connectivity index (χ4n) is 2.62. The van der Waals surface area contributed by atoms with Gasteiger partial charge >= 0.3 is 6.03 Å². The van der Waals surface area contributed by atoms with Gasteiger partial charge in [0.25, 0.3) is 0 Å². The number of fused-ring (bicyclic) bond motifs is 1. The Bertz CT molecular complexity index is 793. The number of Topliss-reactive ketones (excluding diaryl/α,β-unsaturated/α-hetero) is 1. The molecule has 1 aromatic heterocycles. The van der Waals surface area contributed by atoms with E-state index in [0.29, 0.717) is 18.2 Å². The third-order valence-electron chi connectivity index (χ3n) is 3.86. The molecule has 0 spiro atoms. The van der Waals surface area contributed by atoms with E-state index in [1.807, 2.05) is 6.92 Å². The number of pyridine rings is 1. The molecule has 0 unspecified atom stereocenters. The highest BCUT2D eigenvalue weighted by Crippen LogP contribution is 2.27. The van der Waals surface area contributed by atoms with Crippen LogP contribution in [-0.2, 0) is 6.54 Å². The molecule has 1 aliphatic heterocycles. The number of aromatic nitrogens is 1. The van der Waals surface area contributed by atoms with Crippen LogP contribution < -0.4 is 15.0 Å². The van der Waals surface area contributed by atoms with Crippen molar-refractivity contribution in [3.8, 4) is 5.88 Å². The lowest BCUT2D eigenvalue weighted by molar-refractivity contribution is 0.0974. The maximum atomic E-state index is 12.9. The Balaban J connectivity index is 1.74. The summed E-state index contributed by atoms with van der Waals surface area (Å²) in [6.07, 6.45) is 0.208. The van der Waals surface area contributed by atoms with Gasteiger partial charge in [0.1, 0.15) is 11.5 Å². The van der Waals surface area contributed by atoms with E-state index in [4.69, 9.17) is 4.74 Å². The van der Waals surface area contributed by atoms with Crippen LogP contribution >= 0.6 is 0 Å². The number of hydrogen-bond acceptors (Lipinski definition) is 4. The zero-order valence-electron chi connectivity index (χ0n) is 13.8. The molecule has 0 bridgehead atoms. The van der Waals surface area contributed by atoms with Crippen LogP contribution in [0.2, 0.25) is 0 Å². The van der Waals surface area contributed by atoms with Crippen molar-refractivity contribution < 1.29 is 18.7 Å². The van der Waals surface area contributed by atoms with E-state index in [1.54, 1.807) is 24.3 Å². The minimum Gasteiger partial charge on any atom is -0.478 e. The molecular weight excluding hydrogens is 325 g/mol. The van der Waals surface area contributed by atoms with E-state index in [-0.39, 0.29) is 42.8 Å². The number of hydrogen-bond donors (Lipinski definition) is 1. The monoisotopic (exact) mass is 343 g/mol. The Labute approximate surface area is 144 Å². The van der Waals surface area contributed by atoms with E-state index in [9.17, 15) is 14.0 Å². The first-order valence-electron chi connectivity index (χ1n) is 8.05. The molecule has 130 valence electrons. The number of halogens is 1. The molecule has 0 atom stereocenters. The van der Waals surface area contributed by atoms with E-state index in [1.165, 1.54) is 17.0 Å². The van der Waals surface area contributed by atoms with Gasteiger partial charge in [-0.05, 0) is 30.7 Å². The number of ketones is 1. The van der Waals surface area contributed by atoms with Crippen LogP contribution in [0.4, 0.5) is 14.9 Å². The van der Waals surface area contributed by atoms with Gasteiger partial charge in [0.2, 0.25) is 5.88 Å². The molecule has 2 heterocycles. The summed E-state index contributed by atoms with van der Waals surface area (Å²) in [5, 5.41) is 2.78. The van der Waals surface area contributed by atoms with Gasteiger partial charge < -0.3 is 10.1 Å². The number of carbonyl (C=O) groups is 2. The number of anilines is 1. The zero-order chi connectivity index (χ0) is 17.8. The van der Waals surface area contributed by atoms with Crippen molar-refractivity contribution in [2.75, 3.05) is 18.1 Å². The van der Waals surface area contributed by atoms with Crippen LogP contribution in [0.1, 0.15) is 29.4 Å². The lowest BCUT2D eigenvalue weighted by atomic mass is 10.1. The molecule has 1 N–H and O–H groups in total. The van der Waals surface area contributed by atoms with Crippen molar-refractivity contribution >= 4 is 17.5 Å². The van der Waals surface area contributed by atoms with Crippen molar-refractivity contribution in [2.24, 2.45) is 0 Å². The molecule has 0 aliphatic carbocycles. The van der Waals surface area contributed by atoms with Gasteiger partial charge in [-0.2, -0.15) is 0 Å². The fourth-order valence-corrected chi connectivity index (χ4v) is 2.62. The highest BCUT2D eigenvalue weighted by molar-refractivity contribution is 6.07. The minimum atomic E-state index is -0.330. The second-order valence-corrected chi connectivity index (χ2v) is 5.56. The number of urea groups is 1. The molecule has 3 rings (SSSR count). The number of amides is 2. The lowest BCUT2D eigenvalue weighted by Crippen LogP contribution is -2.44.